The van der Waals surface area contributed by atoms with Crippen molar-refractivity contribution >= 4 is 11.8 Å². The summed E-state index contributed by atoms with van der Waals surface area (Å²) in [5.74, 6) is 1.22. The lowest BCUT2D eigenvalue weighted by molar-refractivity contribution is -0.137. The van der Waals surface area contributed by atoms with E-state index in [4.69, 9.17) is 0 Å². The van der Waals surface area contributed by atoms with E-state index in [2.05, 4.69) is 42.6 Å². The second-order valence-electron chi connectivity index (χ2n) is 8.12. The fourth-order valence-electron chi connectivity index (χ4n) is 4.33. The Morgan fingerprint density at radius 3 is 2.55 bits per heavy atom. The van der Waals surface area contributed by atoms with Crippen LogP contribution in [-0.2, 0) is 25.4 Å². The lowest BCUT2D eigenvalue weighted by Crippen LogP contribution is -2.21. The number of nitrogens with zero attached hydrogens (tertiary/aromatic N) is 4. The van der Waals surface area contributed by atoms with Crippen molar-refractivity contribution in [2.45, 2.75) is 31.9 Å². The number of H-pyrrole nitrogens is 1. The van der Waals surface area contributed by atoms with Crippen LogP contribution in [0.2, 0.25) is 0 Å². The van der Waals surface area contributed by atoms with Crippen molar-refractivity contribution in [1.29, 1.82) is 0 Å². The van der Waals surface area contributed by atoms with Crippen LogP contribution in [0.3, 0.4) is 0 Å². The first-order chi connectivity index (χ1) is 16.0. The highest BCUT2D eigenvalue weighted by Gasteiger charge is 2.35. The summed E-state index contributed by atoms with van der Waals surface area (Å²) in [4.78, 5) is 13.2. The third-order valence-corrected chi connectivity index (χ3v) is 5.87. The van der Waals surface area contributed by atoms with Crippen molar-refractivity contribution < 1.29 is 13.2 Å². The number of hydrogen-bond acceptors (Lipinski definition) is 5. The Bertz CT molecular complexity index is 1240. The first-order valence-electron chi connectivity index (χ1n) is 10.7. The van der Waals surface area contributed by atoms with E-state index >= 15 is 0 Å². The second kappa shape index (κ2) is 8.65. The van der Waals surface area contributed by atoms with E-state index in [9.17, 15) is 13.2 Å². The third kappa shape index (κ3) is 4.57. The standard InChI is InChI=1S/C24H21F3N6/c25-24(26,27)19-9-5-4-8-17(19)21-30-20-13-16(12-15-6-2-1-3-7-15)10-11-18(20)22(31-21)32-23-28-14-29-33-23/h1-9,14,16H,10-13H2,(H2,28,29,30,31,32,33). The van der Waals surface area contributed by atoms with Gasteiger partial charge in [-0.1, -0.05) is 48.5 Å². The molecular weight excluding hydrogens is 429 g/mol. The monoisotopic (exact) mass is 450 g/mol. The van der Waals surface area contributed by atoms with E-state index in [1.54, 1.807) is 6.07 Å². The van der Waals surface area contributed by atoms with Gasteiger partial charge in [-0.15, -0.1) is 0 Å². The molecule has 0 fully saturated rings. The molecular formula is C24H21F3N6. The molecule has 1 unspecified atom stereocenters. The van der Waals surface area contributed by atoms with Gasteiger partial charge in [0.05, 0.1) is 11.3 Å². The van der Waals surface area contributed by atoms with E-state index in [1.807, 2.05) is 18.2 Å². The number of aromatic amines is 1. The smallest absolute Gasteiger partial charge is 0.309 e. The van der Waals surface area contributed by atoms with E-state index in [1.165, 1.54) is 24.0 Å². The Balaban J connectivity index is 1.56. The molecule has 4 aromatic rings. The van der Waals surface area contributed by atoms with Crippen molar-refractivity contribution in [3.8, 4) is 11.4 Å². The maximum Gasteiger partial charge on any atom is 0.417 e. The van der Waals surface area contributed by atoms with Crippen LogP contribution >= 0.6 is 0 Å². The number of hydrogen-bond donors (Lipinski definition) is 2. The van der Waals surface area contributed by atoms with Crippen molar-refractivity contribution in [3.05, 3.63) is 83.3 Å². The summed E-state index contributed by atoms with van der Waals surface area (Å²) in [5.41, 5.74) is 2.11. The molecule has 2 N–H and O–H groups in total. The van der Waals surface area contributed by atoms with Crippen LogP contribution in [0.25, 0.3) is 11.4 Å². The Hall–Kier alpha value is -3.75. The number of halogens is 3. The molecule has 0 saturated carbocycles. The molecule has 1 atom stereocenters. The average Bonchev–Trinajstić information content (AvgIpc) is 3.32. The van der Waals surface area contributed by atoms with Gasteiger partial charge in [-0.2, -0.15) is 23.3 Å². The zero-order valence-corrected chi connectivity index (χ0v) is 17.6. The summed E-state index contributed by atoms with van der Waals surface area (Å²) in [6.45, 7) is 0. The van der Waals surface area contributed by atoms with Gasteiger partial charge in [-0.05, 0) is 43.2 Å². The largest absolute Gasteiger partial charge is 0.417 e. The van der Waals surface area contributed by atoms with Gasteiger partial charge in [0.1, 0.15) is 12.1 Å². The molecule has 0 radical (unpaired) electrons. The Morgan fingerprint density at radius 2 is 1.79 bits per heavy atom. The minimum Gasteiger partial charge on any atom is -0.309 e. The quantitative estimate of drug-likeness (QED) is 0.427. The zero-order valence-electron chi connectivity index (χ0n) is 17.6. The van der Waals surface area contributed by atoms with Crippen molar-refractivity contribution in [2.24, 2.45) is 5.92 Å². The summed E-state index contributed by atoms with van der Waals surface area (Å²) in [5, 5.41) is 9.63. The van der Waals surface area contributed by atoms with Crippen LogP contribution < -0.4 is 5.32 Å². The molecule has 6 nitrogen and oxygen atoms in total. The van der Waals surface area contributed by atoms with Gasteiger partial charge >= 0.3 is 6.18 Å². The SMILES string of the molecule is FC(F)(F)c1ccccc1-c1nc2c(c(Nc3ncn[nH]3)n1)CCC(Cc1ccccc1)C2. The van der Waals surface area contributed by atoms with Crippen molar-refractivity contribution in [2.75, 3.05) is 5.32 Å². The molecule has 0 bridgehead atoms. The lowest BCUT2D eigenvalue weighted by atomic mass is 9.83. The fraction of sp³-hybridized carbons (Fsp3) is 0.250. The zero-order chi connectivity index (χ0) is 22.8. The van der Waals surface area contributed by atoms with E-state index in [0.29, 0.717) is 24.1 Å². The molecule has 168 valence electrons. The van der Waals surface area contributed by atoms with E-state index in [0.717, 1.165) is 36.6 Å². The minimum absolute atomic E-state index is 0.0430. The topological polar surface area (TPSA) is 79.4 Å². The van der Waals surface area contributed by atoms with Gasteiger partial charge < -0.3 is 5.32 Å². The van der Waals surface area contributed by atoms with Crippen LogP contribution in [0.5, 0.6) is 0 Å². The molecule has 0 amide bonds. The summed E-state index contributed by atoms with van der Waals surface area (Å²) in [6.07, 6.45) is 0.0674. The predicted octanol–water partition coefficient (Wildman–Crippen LogP) is 5.37. The first-order valence-corrected chi connectivity index (χ1v) is 10.7. The number of nitrogens with one attached hydrogen (secondary N) is 2. The summed E-state index contributed by atoms with van der Waals surface area (Å²) in [7, 11) is 0. The molecule has 9 heteroatoms. The van der Waals surface area contributed by atoms with Crippen LogP contribution in [0.4, 0.5) is 24.9 Å². The Labute approximate surface area is 188 Å². The average molecular weight is 450 g/mol. The molecule has 5 rings (SSSR count). The third-order valence-electron chi connectivity index (χ3n) is 5.87. The highest BCUT2D eigenvalue weighted by Crippen LogP contribution is 2.38. The Kier molecular flexibility index (Phi) is 5.53. The molecule has 2 aromatic heterocycles. The van der Waals surface area contributed by atoms with Crippen molar-refractivity contribution in [3.63, 3.8) is 0 Å². The minimum atomic E-state index is -4.51. The Morgan fingerprint density at radius 1 is 1.00 bits per heavy atom. The van der Waals surface area contributed by atoms with Gasteiger partial charge in [-0.3, -0.25) is 0 Å². The molecule has 1 aliphatic carbocycles. The number of rotatable bonds is 5. The molecule has 2 heterocycles. The van der Waals surface area contributed by atoms with Crippen molar-refractivity contribution in [1.82, 2.24) is 25.1 Å². The van der Waals surface area contributed by atoms with Crippen LogP contribution in [0.15, 0.2) is 60.9 Å². The number of alkyl halides is 3. The van der Waals surface area contributed by atoms with Crippen LogP contribution in [-0.4, -0.2) is 25.1 Å². The molecule has 2 aromatic carbocycles. The van der Waals surface area contributed by atoms with Gasteiger partial charge in [0, 0.05) is 11.1 Å². The first kappa shape index (κ1) is 21.1. The molecule has 1 aliphatic rings. The summed E-state index contributed by atoms with van der Waals surface area (Å²) in [6, 6.07) is 15.6. The van der Waals surface area contributed by atoms with Gasteiger partial charge in [0.25, 0.3) is 0 Å². The number of benzene rings is 2. The summed E-state index contributed by atoms with van der Waals surface area (Å²) < 4.78 is 41.1. The number of anilines is 2. The molecule has 0 spiro atoms. The predicted molar refractivity (Wildman–Crippen MR) is 118 cm³/mol. The van der Waals surface area contributed by atoms with E-state index in [-0.39, 0.29) is 11.4 Å². The summed E-state index contributed by atoms with van der Waals surface area (Å²) >= 11 is 0. The van der Waals surface area contributed by atoms with E-state index < -0.39 is 11.7 Å². The fourth-order valence-corrected chi connectivity index (χ4v) is 4.33. The van der Waals surface area contributed by atoms with Crippen LogP contribution in [0.1, 0.15) is 28.8 Å². The molecule has 33 heavy (non-hydrogen) atoms. The second-order valence-corrected chi connectivity index (χ2v) is 8.12. The molecule has 0 aliphatic heterocycles. The lowest BCUT2D eigenvalue weighted by Gasteiger charge is -2.26. The highest BCUT2D eigenvalue weighted by atomic mass is 19.4. The molecule has 0 saturated heterocycles. The number of fused-ring (bicyclic) bond motifs is 1. The maximum absolute atomic E-state index is 13.7. The van der Waals surface area contributed by atoms with Gasteiger partial charge in [0.15, 0.2) is 5.82 Å². The number of aromatic nitrogens is 5. The van der Waals surface area contributed by atoms with Crippen LogP contribution in [0, 0.1) is 5.92 Å². The maximum atomic E-state index is 13.7. The van der Waals surface area contributed by atoms with Gasteiger partial charge in [0.2, 0.25) is 5.95 Å². The highest BCUT2D eigenvalue weighted by molar-refractivity contribution is 5.66. The normalized spacial score (nSPS) is 15.8. The van der Waals surface area contributed by atoms with Gasteiger partial charge in [-0.25, -0.2) is 15.1 Å².